The van der Waals surface area contributed by atoms with Crippen molar-refractivity contribution in [2.24, 2.45) is 16.7 Å². The molecule has 0 bridgehead atoms. The molecular formula is C52H62O2. The van der Waals surface area contributed by atoms with E-state index in [-0.39, 0.29) is 27.9 Å². The SMILES string of the molecule is CC1(/C=C2\Cc3c(cccc3-c3ccc(C(C)(C)C)cc3)C2=O)CCCC1.CC1(CC2Cc3c(cccc3-c3ccc(C(C)(C)C)cc3)C2=O)CCCC1. The van der Waals surface area contributed by atoms with Gasteiger partial charge in [-0.2, -0.15) is 0 Å². The molecule has 8 rings (SSSR count). The Labute approximate surface area is 325 Å². The Morgan fingerprint density at radius 3 is 1.57 bits per heavy atom. The summed E-state index contributed by atoms with van der Waals surface area (Å²) in [5.74, 6) is 0.802. The van der Waals surface area contributed by atoms with E-state index < -0.39 is 0 Å². The molecule has 2 saturated carbocycles. The second kappa shape index (κ2) is 14.6. The second-order valence-electron chi connectivity index (χ2n) is 19.8. The van der Waals surface area contributed by atoms with Crippen LogP contribution < -0.4 is 0 Å². The number of ketones is 2. The van der Waals surface area contributed by atoms with E-state index >= 15 is 0 Å². The highest BCUT2D eigenvalue weighted by molar-refractivity contribution is 6.14. The molecule has 282 valence electrons. The van der Waals surface area contributed by atoms with Crippen molar-refractivity contribution in [3.8, 4) is 22.3 Å². The second-order valence-corrected chi connectivity index (χ2v) is 19.8. The monoisotopic (exact) mass is 718 g/mol. The fourth-order valence-corrected chi connectivity index (χ4v) is 9.93. The van der Waals surface area contributed by atoms with Gasteiger partial charge in [-0.1, -0.05) is 172 Å². The van der Waals surface area contributed by atoms with Crippen LogP contribution in [-0.4, -0.2) is 11.6 Å². The highest BCUT2D eigenvalue weighted by atomic mass is 16.1. The van der Waals surface area contributed by atoms with Gasteiger partial charge in [0.05, 0.1) is 0 Å². The summed E-state index contributed by atoms with van der Waals surface area (Å²) >= 11 is 0. The van der Waals surface area contributed by atoms with Crippen LogP contribution in [0.15, 0.2) is 96.6 Å². The van der Waals surface area contributed by atoms with Crippen LogP contribution in [0, 0.1) is 16.7 Å². The quantitative estimate of drug-likeness (QED) is 0.193. The first kappa shape index (κ1) is 38.2. The fraction of sp³-hybridized carbons (Fsp3) is 0.462. The van der Waals surface area contributed by atoms with Crippen molar-refractivity contribution in [3.05, 3.63) is 130 Å². The van der Waals surface area contributed by atoms with Gasteiger partial charge in [-0.3, -0.25) is 9.59 Å². The number of rotatable bonds is 5. The molecule has 0 saturated heterocycles. The Balaban J connectivity index is 0.000000167. The average Bonchev–Trinajstić information content (AvgIpc) is 3.91. The lowest BCUT2D eigenvalue weighted by atomic mass is 9.78. The van der Waals surface area contributed by atoms with E-state index in [2.05, 4.69) is 128 Å². The lowest BCUT2D eigenvalue weighted by Gasteiger charge is -2.26. The Morgan fingerprint density at radius 2 is 1.06 bits per heavy atom. The smallest absolute Gasteiger partial charge is 0.189 e. The van der Waals surface area contributed by atoms with Gasteiger partial charge < -0.3 is 0 Å². The third-order valence-electron chi connectivity index (χ3n) is 13.3. The van der Waals surface area contributed by atoms with E-state index in [0.717, 1.165) is 36.0 Å². The number of benzene rings is 4. The molecule has 2 nitrogen and oxygen atoms in total. The fourth-order valence-electron chi connectivity index (χ4n) is 9.93. The summed E-state index contributed by atoms with van der Waals surface area (Å²) < 4.78 is 0. The summed E-state index contributed by atoms with van der Waals surface area (Å²) in [6.45, 7) is 18.2. The molecule has 1 atom stereocenters. The van der Waals surface area contributed by atoms with Gasteiger partial charge in [0.25, 0.3) is 0 Å². The van der Waals surface area contributed by atoms with Crippen molar-refractivity contribution in [2.45, 2.75) is 137 Å². The Bertz CT molecular complexity index is 2050. The number of Topliss-reactive ketones (excluding diaryl/α,β-unsaturated/α-hetero) is 2. The first-order valence-corrected chi connectivity index (χ1v) is 20.8. The van der Waals surface area contributed by atoms with E-state index in [0.29, 0.717) is 11.2 Å². The zero-order valence-corrected chi connectivity index (χ0v) is 34.3. The molecule has 4 aliphatic carbocycles. The van der Waals surface area contributed by atoms with Gasteiger partial charge in [0, 0.05) is 29.0 Å². The molecule has 4 aromatic rings. The lowest BCUT2D eigenvalue weighted by Crippen LogP contribution is -2.20. The van der Waals surface area contributed by atoms with Crippen molar-refractivity contribution in [1.82, 2.24) is 0 Å². The number of fused-ring (bicyclic) bond motifs is 2. The van der Waals surface area contributed by atoms with E-state index in [1.54, 1.807) is 0 Å². The summed E-state index contributed by atoms with van der Waals surface area (Å²) in [4.78, 5) is 26.1. The molecule has 2 fully saturated rings. The molecule has 0 amide bonds. The minimum absolute atomic E-state index is 0.153. The predicted molar refractivity (Wildman–Crippen MR) is 227 cm³/mol. The van der Waals surface area contributed by atoms with Crippen LogP contribution >= 0.6 is 0 Å². The normalized spacial score (nSPS) is 20.9. The first-order valence-electron chi connectivity index (χ1n) is 20.8. The molecule has 4 aromatic carbocycles. The summed E-state index contributed by atoms with van der Waals surface area (Å²) in [5.41, 5.74) is 13.9. The van der Waals surface area contributed by atoms with E-state index in [4.69, 9.17) is 0 Å². The molecule has 0 radical (unpaired) electrons. The lowest BCUT2D eigenvalue weighted by molar-refractivity contribution is 0.0893. The van der Waals surface area contributed by atoms with Crippen molar-refractivity contribution in [3.63, 3.8) is 0 Å². The Kier molecular flexibility index (Phi) is 10.3. The number of allylic oxidation sites excluding steroid dienone is 2. The minimum Gasteiger partial charge on any atom is -0.294 e. The maximum atomic E-state index is 13.1. The van der Waals surface area contributed by atoms with Crippen LogP contribution in [0.25, 0.3) is 22.3 Å². The predicted octanol–water partition coefficient (Wildman–Crippen LogP) is 13.9. The van der Waals surface area contributed by atoms with Crippen molar-refractivity contribution in [1.29, 1.82) is 0 Å². The summed E-state index contributed by atoms with van der Waals surface area (Å²) in [7, 11) is 0. The van der Waals surface area contributed by atoms with Gasteiger partial charge in [-0.25, -0.2) is 0 Å². The Hall–Kier alpha value is -4.04. The van der Waals surface area contributed by atoms with E-state index in [9.17, 15) is 9.59 Å². The number of carbonyl (C=O) groups excluding carboxylic acids is 2. The van der Waals surface area contributed by atoms with Crippen molar-refractivity contribution < 1.29 is 9.59 Å². The van der Waals surface area contributed by atoms with E-state index in [1.807, 2.05) is 18.2 Å². The first-order chi connectivity index (χ1) is 25.5. The van der Waals surface area contributed by atoms with Gasteiger partial charge >= 0.3 is 0 Å². The molecule has 2 heteroatoms. The average molecular weight is 719 g/mol. The van der Waals surface area contributed by atoms with Gasteiger partial charge in [-0.05, 0) is 105 Å². The van der Waals surface area contributed by atoms with Crippen molar-refractivity contribution in [2.75, 3.05) is 0 Å². The van der Waals surface area contributed by atoms with Crippen molar-refractivity contribution >= 4 is 11.6 Å². The molecule has 0 N–H and O–H groups in total. The molecule has 0 aliphatic heterocycles. The number of hydrogen-bond donors (Lipinski definition) is 0. The highest BCUT2D eigenvalue weighted by Gasteiger charge is 2.39. The molecule has 54 heavy (non-hydrogen) atoms. The zero-order valence-electron chi connectivity index (χ0n) is 34.3. The molecular weight excluding hydrogens is 657 g/mol. The minimum atomic E-state index is 0.153. The van der Waals surface area contributed by atoms with Crippen LogP contribution in [0.3, 0.4) is 0 Å². The topological polar surface area (TPSA) is 34.1 Å². The van der Waals surface area contributed by atoms with Crippen LogP contribution in [0.4, 0.5) is 0 Å². The zero-order chi connectivity index (χ0) is 38.5. The van der Waals surface area contributed by atoms with Crippen LogP contribution in [0.1, 0.15) is 156 Å². The maximum Gasteiger partial charge on any atom is 0.189 e. The molecule has 1 unspecified atom stereocenters. The van der Waals surface area contributed by atoms with Gasteiger partial charge in [0.15, 0.2) is 11.6 Å². The molecule has 0 spiro atoms. The number of hydrogen-bond acceptors (Lipinski definition) is 2. The maximum absolute atomic E-state index is 13.1. The van der Waals surface area contributed by atoms with Crippen LogP contribution in [-0.2, 0) is 23.7 Å². The standard InChI is InChI=1S/C26H32O.C26H30O/c2*1-25(2,3)20-12-10-18(11-13-20)21-8-7-9-22-23(21)16-19(24(22)27)17-26(4)14-5-6-15-26/h7-13,19H,5-6,14-17H2,1-4H3;7-13,17H,5-6,14-16H2,1-4H3/b;19-17+. The highest BCUT2D eigenvalue weighted by Crippen LogP contribution is 2.47. The van der Waals surface area contributed by atoms with Gasteiger partial charge in [0.1, 0.15) is 0 Å². The summed E-state index contributed by atoms with van der Waals surface area (Å²) in [6.07, 6.45) is 15.3. The molecule has 4 aliphatic rings. The van der Waals surface area contributed by atoms with E-state index in [1.165, 1.54) is 95.9 Å². The summed E-state index contributed by atoms with van der Waals surface area (Å²) in [5, 5.41) is 0. The molecule has 0 heterocycles. The number of carbonyl (C=O) groups is 2. The summed E-state index contributed by atoms with van der Waals surface area (Å²) in [6, 6.07) is 30.3. The molecule has 0 aromatic heterocycles. The largest absolute Gasteiger partial charge is 0.294 e. The third kappa shape index (κ3) is 7.87. The van der Waals surface area contributed by atoms with Crippen LogP contribution in [0.5, 0.6) is 0 Å². The van der Waals surface area contributed by atoms with Gasteiger partial charge in [0.2, 0.25) is 0 Å². The third-order valence-corrected chi connectivity index (χ3v) is 13.3. The van der Waals surface area contributed by atoms with Crippen LogP contribution in [0.2, 0.25) is 0 Å². The Morgan fingerprint density at radius 1 is 0.593 bits per heavy atom. The van der Waals surface area contributed by atoms with Gasteiger partial charge in [-0.15, -0.1) is 0 Å².